The summed E-state index contributed by atoms with van der Waals surface area (Å²) in [5, 5.41) is 0. The SMILES string of the molecule is c1ccc(-c2c3c(c(-c4ccccc4)c(-c4ccccc4)c2-c2ccccc2)CC(c2ccccc2)CC3)cc1. The molecule has 0 spiro atoms. The van der Waals surface area contributed by atoms with E-state index in [1.165, 1.54) is 61.2 Å². The summed E-state index contributed by atoms with van der Waals surface area (Å²) >= 11 is 0. The summed E-state index contributed by atoms with van der Waals surface area (Å²) in [5.41, 5.74) is 15.1. The zero-order valence-electron chi connectivity index (χ0n) is 22.6. The fraction of sp³-hybridized carbons (Fsp3) is 0.100. The topological polar surface area (TPSA) is 0 Å². The van der Waals surface area contributed by atoms with E-state index >= 15 is 0 Å². The van der Waals surface area contributed by atoms with Gasteiger partial charge in [-0.3, -0.25) is 0 Å². The second-order valence-corrected chi connectivity index (χ2v) is 10.8. The summed E-state index contributed by atoms with van der Waals surface area (Å²) < 4.78 is 0. The van der Waals surface area contributed by atoms with Crippen LogP contribution in [0.15, 0.2) is 152 Å². The predicted molar refractivity (Wildman–Crippen MR) is 169 cm³/mol. The van der Waals surface area contributed by atoms with Crippen molar-refractivity contribution in [2.45, 2.75) is 25.2 Å². The number of hydrogen-bond acceptors (Lipinski definition) is 0. The molecule has 0 saturated heterocycles. The minimum absolute atomic E-state index is 0.506. The van der Waals surface area contributed by atoms with Gasteiger partial charge in [0.1, 0.15) is 0 Å². The standard InChI is InChI=1S/C40H32/c1-6-16-29(17-7-1)34-26-27-35-36(28-34)38(31-20-10-3-11-21-31)40(33-24-14-5-15-25-33)39(32-22-12-4-13-23-32)37(35)30-18-8-2-9-19-30/h1-25,34H,26-28H2. The highest BCUT2D eigenvalue weighted by Crippen LogP contribution is 2.52. The lowest BCUT2D eigenvalue weighted by Crippen LogP contribution is -2.17. The van der Waals surface area contributed by atoms with E-state index in [-0.39, 0.29) is 0 Å². The number of hydrogen-bond donors (Lipinski definition) is 0. The molecule has 192 valence electrons. The Morgan fingerprint density at radius 1 is 0.350 bits per heavy atom. The van der Waals surface area contributed by atoms with E-state index in [2.05, 4.69) is 152 Å². The number of rotatable bonds is 5. The lowest BCUT2D eigenvalue weighted by atomic mass is 9.70. The van der Waals surface area contributed by atoms with Gasteiger partial charge in [-0.1, -0.05) is 152 Å². The monoisotopic (exact) mass is 512 g/mol. The zero-order chi connectivity index (χ0) is 26.7. The number of benzene rings is 6. The molecule has 1 unspecified atom stereocenters. The second kappa shape index (κ2) is 10.8. The first-order chi connectivity index (χ1) is 19.9. The van der Waals surface area contributed by atoms with Crippen molar-refractivity contribution in [3.8, 4) is 44.5 Å². The van der Waals surface area contributed by atoms with Gasteiger partial charge in [-0.25, -0.2) is 0 Å². The average Bonchev–Trinajstić information content (AvgIpc) is 3.05. The molecule has 6 aromatic rings. The van der Waals surface area contributed by atoms with Crippen molar-refractivity contribution in [3.63, 3.8) is 0 Å². The van der Waals surface area contributed by atoms with E-state index in [4.69, 9.17) is 0 Å². The Morgan fingerprint density at radius 2 is 0.700 bits per heavy atom. The molecule has 0 aromatic heterocycles. The van der Waals surface area contributed by atoms with Crippen molar-refractivity contribution in [1.82, 2.24) is 0 Å². The van der Waals surface area contributed by atoms with E-state index < -0.39 is 0 Å². The number of fused-ring (bicyclic) bond motifs is 1. The van der Waals surface area contributed by atoms with Gasteiger partial charge in [-0.05, 0) is 86.4 Å². The maximum absolute atomic E-state index is 2.31. The first-order valence-electron chi connectivity index (χ1n) is 14.4. The molecule has 0 radical (unpaired) electrons. The van der Waals surface area contributed by atoms with Crippen LogP contribution < -0.4 is 0 Å². The molecule has 0 nitrogen and oxygen atoms in total. The summed E-state index contributed by atoms with van der Waals surface area (Å²) in [4.78, 5) is 0. The van der Waals surface area contributed by atoms with Crippen molar-refractivity contribution in [3.05, 3.63) is 168 Å². The first-order valence-corrected chi connectivity index (χ1v) is 14.4. The van der Waals surface area contributed by atoms with Gasteiger partial charge in [0, 0.05) is 0 Å². The highest BCUT2D eigenvalue weighted by molar-refractivity contribution is 6.04. The third-order valence-corrected chi connectivity index (χ3v) is 8.43. The van der Waals surface area contributed by atoms with E-state index in [0.29, 0.717) is 5.92 Å². The molecule has 7 rings (SSSR count). The van der Waals surface area contributed by atoms with E-state index in [1.807, 2.05) is 0 Å². The third-order valence-electron chi connectivity index (χ3n) is 8.43. The fourth-order valence-corrected chi connectivity index (χ4v) is 6.67. The Labute approximate surface area is 237 Å². The van der Waals surface area contributed by atoms with E-state index in [0.717, 1.165) is 19.3 Å². The maximum Gasteiger partial charge on any atom is -0.00176 e. The van der Waals surface area contributed by atoms with Gasteiger partial charge in [0.2, 0.25) is 0 Å². The summed E-state index contributed by atoms with van der Waals surface area (Å²) in [6.45, 7) is 0. The lowest BCUT2D eigenvalue weighted by molar-refractivity contribution is 0.587. The largest absolute Gasteiger partial charge is 0.0622 e. The summed E-state index contributed by atoms with van der Waals surface area (Å²) in [6, 6.07) is 55.3. The van der Waals surface area contributed by atoms with Crippen molar-refractivity contribution < 1.29 is 0 Å². The second-order valence-electron chi connectivity index (χ2n) is 10.8. The molecule has 0 saturated carbocycles. The molecule has 1 atom stereocenters. The maximum atomic E-state index is 2.31. The van der Waals surface area contributed by atoms with Crippen molar-refractivity contribution in [2.75, 3.05) is 0 Å². The minimum atomic E-state index is 0.506. The van der Waals surface area contributed by atoms with Gasteiger partial charge in [0.25, 0.3) is 0 Å². The average molecular weight is 513 g/mol. The molecule has 0 N–H and O–H groups in total. The van der Waals surface area contributed by atoms with Gasteiger partial charge in [-0.2, -0.15) is 0 Å². The molecule has 1 aliphatic rings. The normalized spacial score (nSPS) is 14.4. The van der Waals surface area contributed by atoms with Gasteiger partial charge >= 0.3 is 0 Å². The molecule has 0 heteroatoms. The van der Waals surface area contributed by atoms with Crippen LogP contribution in [0, 0.1) is 0 Å². The smallest absolute Gasteiger partial charge is 0.00176 e. The summed E-state index contributed by atoms with van der Waals surface area (Å²) in [7, 11) is 0. The molecule has 6 aromatic carbocycles. The van der Waals surface area contributed by atoms with Crippen LogP contribution in [0.4, 0.5) is 0 Å². The van der Waals surface area contributed by atoms with Gasteiger partial charge in [0.05, 0.1) is 0 Å². The molecular weight excluding hydrogens is 480 g/mol. The van der Waals surface area contributed by atoms with Crippen LogP contribution in [0.25, 0.3) is 44.5 Å². The highest BCUT2D eigenvalue weighted by atomic mass is 14.3. The fourth-order valence-electron chi connectivity index (χ4n) is 6.67. The predicted octanol–water partition coefficient (Wildman–Crippen LogP) is 10.6. The van der Waals surface area contributed by atoms with Gasteiger partial charge in [-0.15, -0.1) is 0 Å². The molecule has 0 bridgehead atoms. The van der Waals surface area contributed by atoms with Crippen molar-refractivity contribution in [2.24, 2.45) is 0 Å². The third kappa shape index (κ3) is 4.46. The van der Waals surface area contributed by atoms with Crippen molar-refractivity contribution in [1.29, 1.82) is 0 Å². The van der Waals surface area contributed by atoms with Gasteiger partial charge < -0.3 is 0 Å². The Kier molecular flexibility index (Phi) is 6.60. The van der Waals surface area contributed by atoms with Crippen LogP contribution in [0.3, 0.4) is 0 Å². The minimum Gasteiger partial charge on any atom is -0.0622 e. The summed E-state index contributed by atoms with van der Waals surface area (Å²) in [5.74, 6) is 0.506. The highest BCUT2D eigenvalue weighted by Gasteiger charge is 2.31. The molecular formula is C40H32. The van der Waals surface area contributed by atoms with Crippen LogP contribution in [0.5, 0.6) is 0 Å². The van der Waals surface area contributed by atoms with E-state index in [1.54, 1.807) is 0 Å². The Bertz CT molecular complexity index is 1720. The molecule has 0 fully saturated rings. The quantitative estimate of drug-likeness (QED) is 0.215. The van der Waals surface area contributed by atoms with Crippen LogP contribution in [-0.4, -0.2) is 0 Å². The van der Waals surface area contributed by atoms with Crippen LogP contribution >= 0.6 is 0 Å². The van der Waals surface area contributed by atoms with E-state index in [9.17, 15) is 0 Å². The molecule has 1 aliphatic carbocycles. The molecule has 40 heavy (non-hydrogen) atoms. The molecule has 0 aliphatic heterocycles. The Hall–Kier alpha value is -4.68. The summed E-state index contributed by atoms with van der Waals surface area (Å²) in [6.07, 6.45) is 3.26. The Balaban J connectivity index is 1.63. The lowest BCUT2D eigenvalue weighted by Gasteiger charge is -2.33. The zero-order valence-corrected chi connectivity index (χ0v) is 22.6. The molecule has 0 amide bonds. The molecule has 0 heterocycles. The van der Waals surface area contributed by atoms with Crippen LogP contribution in [0.1, 0.15) is 29.0 Å². The van der Waals surface area contributed by atoms with Crippen LogP contribution in [0.2, 0.25) is 0 Å². The van der Waals surface area contributed by atoms with Crippen LogP contribution in [-0.2, 0) is 12.8 Å². The van der Waals surface area contributed by atoms with Crippen molar-refractivity contribution >= 4 is 0 Å². The first kappa shape index (κ1) is 24.4. The Morgan fingerprint density at radius 3 is 1.12 bits per heavy atom. The van der Waals surface area contributed by atoms with Gasteiger partial charge in [0.15, 0.2) is 0 Å².